The summed E-state index contributed by atoms with van der Waals surface area (Å²) in [6, 6.07) is 5.98. The zero-order valence-electron chi connectivity index (χ0n) is 14.7. The van der Waals surface area contributed by atoms with Crippen LogP contribution in [0.25, 0.3) is 6.08 Å². The van der Waals surface area contributed by atoms with Gasteiger partial charge in [0, 0.05) is 23.1 Å². The zero-order chi connectivity index (χ0) is 19.6. The number of hydrogen-bond acceptors (Lipinski definition) is 5. The van der Waals surface area contributed by atoms with Crippen molar-refractivity contribution in [3.63, 3.8) is 0 Å². The lowest BCUT2D eigenvalue weighted by Gasteiger charge is -2.18. The van der Waals surface area contributed by atoms with E-state index < -0.39 is 16.7 Å². The number of benzene rings is 1. The number of fused-ring (bicyclic) bond motifs is 1. The molecule has 2 aromatic rings. The first-order valence-corrected chi connectivity index (χ1v) is 9.34. The van der Waals surface area contributed by atoms with Gasteiger partial charge in [0.1, 0.15) is 5.00 Å². The molecule has 3 rings (SSSR count). The Labute approximate surface area is 160 Å². The summed E-state index contributed by atoms with van der Waals surface area (Å²) in [4.78, 5) is 35.6. The van der Waals surface area contributed by atoms with Crippen LogP contribution in [0.1, 0.15) is 39.7 Å². The Kier molecular flexibility index (Phi) is 5.36. The molecule has 140 valence electrons. The summed E-state index contributed by atoms with van der Waals surface area (Å²) in [5.41, 5.74) is 7.38. The number of amides is 2. The average Bonchev–Trinajstić information content (AvgIpc) is 2.97. The summed E-state index contributed by atoms with van der Waals surface area (Å²) in [7, 11) is 0. The first kappa shape index (κ1) is 18.8. The summed E-state index contributed by atoms with van der Waals surface area (Å²) < 4.78 is 0. The van der Waals surface area contributed by atoms with E-state index in [0.29, 0.717) is 22.0 Å². The molecule has 3 N–H and O–H groups in total. The van der Waals surface area contributed by atoms with Crippen LogP contribution in [0.4, 0.5) is 10.7 Å². The number of carbonyl (C=O) groups excluding carboxylic acids is 2. The van der Waals surface area contributed by atoms with Gasteiger partial charge in [0.05, 0.1) is 10.5 Å². The number of anilines is 1. The molecule has 1 atom stereocenters. The molecule has 1 heterocycles. The highest BCUT2D eigenvalue weighted by Crippen LogP contribution is 2.39. The normalized spacial score (nSPS) is 16.1. The summed E-state index contributed by atoms with van der Waals surface area (Å²) in [6.07, 6.45) is 5.42. The lowest BCUT2D eigenvalue weighted by molar-refractivity contribution is -0.384. The second-order valence-electron chi connectivity index (χ2n) is 6.59. The first-order chi connectivity index (χ1) is 12.8. The summed E-state index contributed by atoms with van der Waals surface area (Å²) in [6.45, 7) is 2.16. The Morgan fingerprint density at radius 3 is 2.89 bits per heavy atom. The van der Waals surface area contributed by atoms with Crippen molar-refractivity contribution >= 4 is 39.9 Å². The minimum atomic E-state index is -0.542. The molecular formula is C19H19N3O4S. The fourth-order valence-electron chi connectivity index (χ4n) is 3.17. The van der Waals surface area contributed by atoms with Gasteiger partial charge in [-0.1, -0.05) is 19.1 Å². The van der Waals surface area contributed by atoms with Crippen molar-refractivity contribution in [1.82, 2.24) is 0 Å². The molecule has 1 aliphatic carbocycles. The van der Waals surface area contributed by atoms with Gasteiger partial charge in [0.25, 0.3) is 11.6 Å². The molecule has 0 radical (unpaired) electrons. The molecule has 0 spiro atoms. The van der Waals surface area contributed by atoms with E-state index >= 15 is 0 Å². The van der Waals surface area contributed by atoms with Gasteiger partial charge in [0.2, 0.25) is 5.91 Å². The molecule has 0 bridgehead atoms. The highest BCUT2D eigenvalue weighted by molar-refractivity contribution is 7.17. The van der Waals surface area contributed by atoms with Crippen molar-refractivity contribution < 1.29 is 14.5 Å². The van der Waals surface area contributed by atoms with Gasteiger partial charge in [-0.3, -0.25) is 19.7 Å². The molecule has 27 heavy (non-hydrogen) atoms. The topological polar surface area (TPSA) is 115 Å². The van der Waals surface area contributed by atoms with E-state index in [9.17, 15) is 19.7 Å². The van der Waals surface area contributed by atoms with Crippen LogP contribution in [-0.4, -0.2) is 16.7 Å². The van der Waals surface area contributed by atoms with Gasteiger partial charge in [0.15, 0.2) is 0 Å². The van der Waals surface area contributed by atoms with E-state index in [-0.39, 0.29) is 5.69 Å². The number of nitrogens with two attached hydrogens (primary N) is 1. The molecule has 8 heteroatoms. The van der Waals surface area contributed by atoms with Crippen molar-refractivity contribution in [1.29, 1.82) is 0 Å². The highest BCUT2D eigenvalue weighted by Gasteiger charge is 2.26. The molecular weight excluding hydrogens is 366 g/mol. The van der Waals surface area contributed by atoms with Crippen LogP contribution in [0.3, 0.4) is 0 Å². The number of primary amides is 1. The van der Waals surface area contributed by atoms with Crippen molar-refractivity contribution in [2.24, 2.45) is 11.7 Å². The van der Waals surface area contributed by atoms with E-state index in [2.05, 4.69) is 12.2 Å². The molecule has 1 aromatic heterocycles. The van der Waals surface area contributed by atoms with Crippen LogP contribution in [0, 0.1) is 16.0 Å². The number of hydrogen-bond donors (Lipinski definition) is 2. The molecule has 0 aliphatic heterocycles. The standard InChI is InChI=1S/C19H19N3O4S/c1-11-5-7-14-15(9-11)27-19(17(14)18(20)24)21-16(23)8-6-12-3-2-4-13(10-12)22(25)26/h2-4,6,8,10-11H,5,7,9H2,1H3,(H2,20,24)(H,21,23)/b8-6+/t11-/m0/s1. The number of nitro benzene ring substituents is 1. The number of carbonyl (C=O) groups is 2. The van der Waals surface area contributed by atoms with Crippen molar-refractivity contribution in [3.8, 4) is 0 Å². The molecule has 0 saturated carbocycles. The van der Waals surface area contributed by atoms with Gasteiger partial charge in [-0.2, -0.15) is 0 Å². The van der Waals surface area contributed by atoms with Gasteiger partial charge < -0.3 is 11.1 Å². The van der Waals surface area contributed by atoms with Crippen molar-refractivity contribution in [2.75, 3.05) is 5.32 Å². The van der Waals surface area contributed by atoms with Gasteiger partial charge in [-0.15, -0.1) is 11.3 Å². The minimum Gasteiger partial charge on any atom is -0.365 e. The maximum absolute atomic E-state index is 12.3. The second kappa shape index (κ2) is 7.71. The largest absolute Gasteiger partial charge is 0.365 e. The quantitative estimate of drug-likeness (QED) is 0.465. The highest BCUT2D eigenvalue weighted by atomic mass is 32.1. The zero-order valence-corrected chi connectivity index (χ0v) is 15.5. The van der Waals surface area contributed by atoms with E-state index in [1.807, 2.05) is 0 Å². The van der Waals surface area contributed by atoms with Crippen LogP contribution >= 0.6 is 11.3 Å². The average molecular weight is 385 g/mol. The molecule has 0 unspecified atom stereocenters. The molecule has 0 saturated heterocycles. The molecule has 1 aromatic carbocycles. The fourth-order valence-corrected chi connectivity index (χ4v) is 4.59. The van der Waals surface area contributed by atoms with E-state index in [1.54, 1.807) is 12.1 Å². The molecule has 1 aliphatic rings. The Balaban J connectivity index is 1.79. The SMILES string of the molecule is C[C@H]1CCc2c(sc(NC(=O)/C=C/c3cccc([N+](=O)[O-])c3)c2C(N)=O)C1. The maximum atomic E-state index is 12.3. The third-order valence-electron chi connectivity index (χ3n) is 4.50. The Hall–Kier alpha value is -3.00. The molecule has 7 nitrogen and oxygen atoms in total. The lowest BCUT2D eigenvalue weighted by atomic mass is 9.88. The van der Waals surface area contributed by atoms with Crippen LogP contribution in [-0.2, 0) is 17.6 Å². The predicted molar refractivity (Wildman–Crippen MR) is 105 cm³/mol. The summed E-state index contributed by atoms with van der Waals surface area (Å²) in [5, 5.41) is 14.0. The third kappa shape index (κ3) is 4.22. The van der Waals surface area contributed by atoms with E-state index in [4.69, 9.17) is 5.73 Å². The number of nitrogens with zero attached hydrogens (tertiary/aromatic N) is 1. The minimum absolute atomic E-state index is 0.0476. The summed E-state index contributed by atoms with van der Waals surface area (Å²) in [5.74, 6) is -0.426. The van der Waals surface area contributed by atoms with Crippen LogP contribution in [0.2, 0.25) is 0 Å². The van der Waals surface area contributed by atoms with Crippen molar-refractivity contribution in [3.05, 3.63) is 62.0 Å². The fraction of sp³-hybridized carbons (Fsp3) is 0.263. The molecule has 0 fully saturated rings. The Morgan fingerprint density at radius 2 is 2.19 bits per heavy atom. The number of rotatable bonds is 5. The Morgan fingerprint density at radius 1 is 1.41 bits per heavy atom. The van der Waals surface area contributed by atoms with Crippen LogP contribution < -0.4 is 11.1 Å². The van der Waals surface area contributed by atoms with Gasteiger partial charge in [-0.25, -0.2) is 0 Å². The summed E-state index contributed by atoms with van der Waals surface area (Å²) >= 11 is 1.39. The third-order valence-corrected chi connectivity index (χ3v) is 5.67. The number of non-ortho nitro benzene ring substituents is 1. The Bertz CT molecular complexity index is 948. The van der Waals surface area contributed by atoms with Gasteiger partial charge >= 0.3 is 0 Å². The predicted octanol–water partition coefficient (Wildman–Crippen LogP) is 3.53. The molecule has 2 amide bonds. The monoisotopic (exact) mass is 385 g/mol. The van der Waals surface area contributed by atoms with Crippen LogP contribution in [0.5, 0.6) is 0 Å². The maximum Gasteiger partial charge on any atom is 0.270 e. The van der Waals surface area contributed by atoms with Crippen molar-refractivity contribution in [2.45, 2.75) is 26.2 Å². The van der Waals surface area contributed by atoms with E-state index in [1.165, 1.54) is 35.6 Å². The van der Waals surface area contributed by atoms with E-state index in [0.717, 1.165) is 29.7 Å². The number of nitrogens with one attached hydrogen (secondary N) is 1. The van der Waals surface area contributed by atoms with Gasteiger partial charge in [-0.05, 0) is 42.4 Å². The second-order valence-corrected chi connectivity index (χ2v) is 7.70. The number of thiophene rings is 1. The van der Waals surface area contributed by atoms with Crippen LogP contribution in [0.15, 0.2) is 30.3 Å². The first-order valence-electron chi connectivity index (χ1n) is 8.53. The number of nitro groups is 1. The lowest BCUT2D eigenvalue weighted by Crippen LogP contribution is -2.18. The smallest absolute Gasteiger partial charge is 0.270 e.